The molecule has 0 radical (unpaired) electrons. The van der Waals surface area contributed by atoms with Crippen LogP contribution in [-0.4, -0.2) is 52.7 Å². The first-order valence-corrected chi connectivity index (χ1v) is 10.4. The summed E-state index contributed by atoms with van der Waals surface area (Å²) < 4.78 is 7.15. The van der Waals surface area contributed by atoms with E-state index in [-0.39, 0.29) is 17.4 Å². The van der Waals surface area contributed by atoms with E-state index >= 15 is 0 Å². The van der Waals surface area contributed by atoms with Gasteiger partial charge in [0.1, 0.15) is 11.5 Å². The minimum absolute atomic E-state index is 0.0534. The number of furan rings is 1. The van der Waals surface area contributed by atoms with Crippen LogP contribution >= 0.6 is 0 Å². The van der Waals surface area contributed by atoms with E-state index in [2.05, 4.69) is 41.1 Å². The highest BCUT2D eigenvalue weighted by molar-refractivity contribution is 5.41. The lowest BCUT2D eigenvalue weighted by Gasteiger charge is -2.38. The molecule has 1 saturated heterocycles. The number of rotatable bonds is 5. The van der Waals surface area contributed by atoms with Gasteiger partial charge in [0.05, 0.1) is 24.4 Å². The normalized spacial score (nSPS) is 16.6. The van der Waals surface area contributed by atoms with Crippen molar-refractivity contribution in [3.8, 4) is 5.75 Å². The third kappa shape index (κ3) is 4.06. The van der Waals surface area contributed by atoms with Crippen LogP contribution < -0.4 is 5.56 Å². The van der Waals surface area contributed by atoms with Gasteiger partial charge in [-0.15, -0.1) is 0 Å². The zero-order valence-electron chi connectivity index (χ0n) is 17.8. The molecule has 0 saturated carbocycles. The molecular formula is C24H29N3O3. The van der Waals surface area contributed by atoms with Crippen molar-refractivity contribution in [3.63, 3.8) is 0 Å². The maximum absolute atomic E-state index is 13.6. The van der Waals surface area contributed by atoms with Gasteiger partial charge >= 0.3 is 0 Å². The van der Waals surface area contributed by atoms with Crippen LogP contribution in [0, 0.1) is 13.8 Å². The number of pyridine rings is 1. The number of aromatic nitrogens is 1. The summed E-state index contributed by atoms with van der Waals surface area (Å²) in [5, 5.41) is 10.9. The predicted molar refractivity (Wildman–Crippen MR) is 117 cm³/mol. The van der Waals surface area contributed by atoms with E-state index in [1.165, 1.54) is 5.56 Å². The summed E-state index contributed by atoms with van der Waals surface area (Å²) in [7, 11) is 2.11. The monoisotopic (exact) mass is 407 g/mol. The van der Waals surface area contributed by atoms with E-state index in [1.54, 1.807) is 16.9 Å². The van der Waals surface area contributed by atoms with Gasteiger partial charge in [-0.2, -0.15) is 0 Å². The van der Waals surface area contributed by atoms with Gasteiger partial charge in [-0.05, 0) is 44.7 Å². The zero-order chi connectivity index (χ0) is 21.3. The molecule has 1 fully saturated rings. The second-order valence-corrected chi connectivity index (χ2v) is 8.21. The molecule has 1 atom stereocenters. The number of likely N-dealkylation sites (N-methyl/N-ethyl adjacent to an activating group) is 1. The van der Waals surface area contributed by atoms with Gasteiger partial charge in [0, 0.05) is 31.9 Å². The molecule has 2 aromatic heterocycles. The van der Waals surface area contributed by atoms with Crippen molar-refractivity contribution in [2.45, 2.75) is 26.4 Å². The summed E-state index contributed by atoms with van der Waals surface area (Å²) in [4.78, 5) is 18.2. The fourth-order valence-electron chi connectivity index (χ4n) is 4.17. The lowest BCUT2D eigenvalue weighted by molar-refractivity contribution is 0.125. The third-order valence-corrected chi connectivity index (χ3v) is 5.99. The minimum Gasteiger partial charge on any atom is -0.507 e. The maximum Gasteiger partial charge on any atom is 0.260 e. The molecule has 4 rings (SSSR count). The molecule has 1 aliphatic heterocycles. The largest absolute Gasteiger partial charge is 0.507 e. The van der Waals surface area contributed by atoms with Gasteiger partial charge in [-0.3, -0.25) is 9.69 Å². The number of benzene rings is 1. The fourth-order valence-corrected chi connectivity index (χ4v) is 4.17. The molecule has 3 aromatic rings. The first kappa shape index (κ1) is 20.4. The average Bonchev–Trinajstić information content (AvgIpc) is 3.23. The summed E-state index contributed by atoms with van der Waals surface area (Å²) in [6.45, 7) is 7.75. The highest BCUT2D eigenvalue weighted by Gasteiger charge is 2.31. The van der Waals surface area contributed by atoms with Gasteiger partial charge in [-0.25, -0.2) is 0 Å². The van der Waals surface area contributed by atoms with Crippen LogP contribution in [0.2, 0.25) is 0 Å². The van der Waals surface area contributed by atoms with E-state index in [4.69, 9.17) is 4.42 Å². The van der Waals surface area contributed by atoms with E-state index < -0.39 is 0 Å². The Bertz CT molecular complexity index is 1050. The van der Waals surface area contributed by atoms with E-state index in [0.29, 0.717) is 23.6 Å². The molecule has 3 heterocycles. The fraction of sp³-hybridized carbons (Fsp3) is 0.375. The molecule has 0 amide bonds. The quantitative estimate of drug-likeness (QED) is 0.704. The van der Waals surface area contributed by atoms with E-state index in [0.717, 1.165) is 31.7 Å². The Morgan fingerprint density at radius 3 is 2.40 bits per heavy atom. The Hall–Kier alpha value is -2.83. The molecule has 6 heteroatoms. The van der Waals surface area contributed by atoms with Crippen LogP contribution in [0.1, 0.15) is 34.2 Å². The number of aromatic hydroxyl groups is 1. The van der Waals surface area contributed by atoms with Gasteiger partial charge < -0.3 is 19.0 Å². The van der Waals surface area contributed by atoms with Gasteiger partial charge in [-0.1, -0.05) is 29.8 Å². The van der Waals surface area contributed by atoms with Crippen LogP contribution in [-0.2, 0) is 6.54 Å². The highest BCUT2D eigenvalue weighted by Crippen LogP contribution is 2.33. The molecule has 1 aromatic carbocycles. The van der Waals surface area contributed by atoms with Crippen LogP contribution in [0.15, 0.2) is 57.9 Å². The number of nitrogens with zero attached hydrogens (tertiary/aromatic N) is 3. The van der Waals surface area contributed by atoms with Crippen molar-refractivity contribution in [2.24, 2.45) is 0 Å². The Morgan fingerprint density at radius 1 is 1.07 bits per heavy atom. The number of hydrogen-bond donors (Lipinski definition) is 1. The number of hydrogen-bond acceptors (Lipinski definition) is 5. The second kappa shape index (κ2) is 8.50. The van der Waals surface area contributed by atoms with E-state index in [9.17, 15) is 9.90 Å². The molecule has 0 bridgehead atoms. The summed E-state index contributed by atoms with van der Waals surface area (Å²) in [5.74, 6) is 0.765. The first-order valence-electron chi connectivity index (χ1n) is 10.4. The van der Waals surface area contributed by atoms with Crippen molar-refractivity contribution in [2.75, 3.05) is 33.2 Å². The lowest BCUT2D eigenvalue weighted by atomic mass is 9.95. The average molecular weight is 408 g/mol. The molecule has 0 spiro atoms. The van der Waals surface area contributed by atoms with Crippen LogP contribution in [0.5, 0.6) is 5.75 Å². The standard InChI is InChI=1S/C24H29N3O3/c1-17-6-8-19(9-7-17)23(26-12-10-25(3)11-13-26)22-21(28)15-18(2)27(24(22)29)16-20-5-4-14-30-20/h4-9,14-15,23,28H,10-13,16H2,1-3H3. The van der Waals surface area contributed by atoms with Crippen LogP contribution in [0.25, 0.3) is 0 Å². The van der Waals surface area contributed by atoms with Crippen molar-refractivity contribution in [1.29, 1.82) is 0 Å². The SMILES string of the molecule is Cc1ccc(C(c2c(O)cc(C)n(Cc3ccco3)c2=O)N2CCN(C)CC2)cc1. The first-order chi connectivity index (χ1) is 14.4. The Morgan fingerprint density at radius 2 is 1.77 bits per heavy atom. The summed E-state index contributed by atoms with van der Waals surface area (Å²) in [6, 6.07) is 13.3. The van der Waals surface area contributed by atoms with Crippen molar-refractivity contribution in [1.82, 2.24) is 14.4 Å². The summed E-state index contributed by atoms with van der Waals surface area (Å²) in [6.07, 6.45) is 1.61. The van der Waals surface area contributed by atoms with Crippen molar-refractivity contribution >= 4 is 0 Å². The van der Waals surface area contributed by atoms with E-state index in [1.807, 2.05) is 26.0 Å². The van der Waals surface area contributed by atoms with Gasteiger partial charge in [0.15, 0.2) is 0 Å². The molecular weight excluding hydrogens is 378 g/mol. The van der Waals surface area contributed by atoms with Crippen LogP contribution in [0.4, 0.5) is 0 Å². The maximum atomic E-state index is 13.6. The smallest absolute Gasteiger partial charge is 0.260 e. The molecule has 0 aliphatic carbocycles. The highest BCUT2D eigenvalue weighted by atomic mass is 16.3. The zero-order valence-corrected chi connectivity index (χ0v) is 17.8. The minimum atomic E-state index is -0.296. The topological polar surface area (TPSA) is 61.9 Å². The van der Waals surface area contributed by atoms with Gasteiger partial charge in [0.25, 0.3) is 5.56 Å². The van der Waals surface area contributed by atoms with Gasteiger partial charge in [0.2, 0.25) is 0 Å². The Labute approximate surface area is 177 Å². The lowest BCUT2D eigenvalue weighted by Crippen LogP contribution is -2.47. The number of piperazine rings is 1. The molecule has 30 heavy (non-hydrogen) atoms. The Balaban J connectivity index is 1.83. The predicted octanol–water partition coefficient (Wildman–Crippen LogP) is 3.15. The third-order valence-electron chi connectivity index (χ3n) is 5.99. The molecule has 1 N–H and O–H groups in total. The molecule has 1 unspecified atom stereocenters. The molecule has 6 nitrogen and oxygen atoms in total. The van der Waals surface area contributed by atoms with Crippen molar-refractivity contribution in [3.05, 3.63) is 87.2 Å². The second-order valence-electron chi connectivity index (χ2n) is 8.21. The molecule has 1 aliphatic rings. The Kier molecular flexibility index (Phi) is 5.79. The summed E-state index contributed by atoms with van der Waals surface area (Å²) in [5.41, 5.74) is 3.15. The summed E-state index contributed by atoms with van der Waals surface area (Å²) >= 11 is 0. The molecule has 158 valence electrons. The number of aryl methyl sites for hydroxylation is 2. The van der Waals surface area contributed by atoms with Crippen LogP contribution in [0.3, 0.4) is 0 Å². The van der Waals surface area contributed by atoms with Crippen molar-refractivity contribution < 1.29 is 9.52 Å².